The molecule has 2 heterocycles. The summed E-state index contributed by atoms with van der Waals surface area (Å²) in [5.41, 5.74) is 1.76. The summed E-state index contributed by atoms with van der Waals surface area (Å²) in [6.45, 7) is 5.88. The Balaban J connectivity index is 1.90. The first-order valence-electron chi connectivity index (χ1n) is 10.9. The fourth-order valence-corrected chi connectivity index (χ4v) is 4.66. The molecule has 1 amide bonds. The molecule has 0 aliphatic carbocycles. The third-order valence-corrected chi connectivity index (χ3v) is 6.24. The molecule has 2 aromatic carbocycles. The van der Waals surface area contributed by atoms with Gasteiger partial charge in [-0.05, 0) is 41.8 Å². The van der Waals surface area contributed by atoms with Crippen molar-refractivity contribution in [3.05, 3.63) is 88.2 Å². The van der Waals surface area contributed by atoms with Crippen LogP contribution in [-0.4, -0.2) is 37.5 Å². The fourth-order valence-electron chi connectivity index (χ4n) is 4.33. The minimum atomic E-state index is -0.693. The van der Waals surface area contributed by atoms with Crippen LogP contribution in [-0.2, 0) is 9.53 Å². The second-order valence-electron chi connectivity index (χ2n) is 7.94. The quantitative estimate of drug-likeness (QED) is 0.417. The highest BCUT2D eigenvalue weighted by Gasteiger charge is 2.47. The summed E-state index contributed by atoms with van der Waals surface area (Å²) in [5.74, 6) is 0.324. The van der Waals surface area contributed by atoms with Crippen molar-refractivity contribution in [2.75, 3.05) is 0 Å². The molecule has 7 nitrogen and oxygen atoms in total. The van der Waals surface area contributed by atoms with E-state index in [0.717, 1.165) is 17.5 Å². The summed E-state index contributed by atoms with van der Waals surface area (Å²) in [7, 11) is 0. The summed E-state index contributed by atoms with van der Waals surface area (Å²) in [5, 5.41) is 15.9. The second kappa shape index (κ2) is 10.5. The van der Waals surface area contributed by atoms with Crippen molar-refractivity contribution in [3.63, 3.8) is 0 Å². The van der Waals surface area contributed by atoms with Crippen molar-refractivity contribution in [2.45, 2.75) is 50.5 Å². The summed E-state index contributed by atoms with van der Waals surface area (Å²) in [6, 6.07) is 14.1. The minimum absolute atomic E-state index is 0.142. The van der Waals surface area contributed by atoms with Crippen LogP contribution in [0.1, 0.15) is 61.3 Å². The third-order valence-electron chi connectivity index (χ3n) is 5.75. The number of benzene rings is 2. The van der Waals surface area contributed by atoms with Crippen molar-refractivity contribution in [1.82, 2.24) is 25.5 Å². The number of H-pyrrole nitrogens is 1. The predicted octanol–water partition coefficient (Wildman–Crippen LogP) is 5.63. The highest BCUT2D eigenvalue weighted by atomic mass is 35.5. The summed E-state index contributed by atoms with van der Waals surface area (Å²) >= 11 is 12.5. The van der Waals surface area contributed by atoms with Gasteiger partial charge < -0.3 is 9.64 Å². The van der Waals surface area contributed by atoms with E-state index in [1.807, 2.05) is 53.4 Å². The van der Waals surface area contributed by atoms with Gasteiger partial charge in [0.15, 0.2) is 5.82 Å². The van der Waals surface area contributed by atoms with Crippen LogP contribution in [0.25, 0.3) is 0 Å². The molecule has 4 atom stereocenters. The second-order valence-corrected chi connectivity index (χ2v) is 8.81. The Morgan fingerprint density at radius 3 is 2.61 bits per heavy atom. The van der Waals surface area contributed by atoms with E-state index in [2.05, 4.69) is 34.1 Å². The van der Waals surface area contributed by atoms with E-state index < -0.39 is 18.2 Å². The van der Waals surface area contributed by atoms with Gasteiger partial charge in [-0.15, -0.1) is 16.8 Å². The van der Waals surface area contributed by atoms with Crippen LogP contribution in [0.3, 0.4) is 0 Å². The molecule has 1 N–H and O–H groups in total. The number of nitrogens with zero attached hydrogens (tertiary/aromatic N) is 4. The van der Waals surface area contributed by atoms with Crippen molar-refractivity contribution in [1.29, 1.82) is 0 Å². The Morgan fingerprint density at radius 1 is 1.18 bits per heavy atom. The summed E-state index contributed by atoms with van der Waals surface area (Å²) in [6.07, 6.45) is 2.40. The lowest BCUT2D eigenvalue weighted by atomic mass is 9.89. The van der Waals surface area contributed by atoms with Crippen LogP contribution >= 0.6 is 23.2 Å². The first-order valence-corrected chi connectivity index (χ1v) is 11.6. The van der Waals surface area contributed by atoms with Crippen LogP contribution in [0.4, 0.5) is 0 Å². The number of halogens is 2. The lowest BCUT2D eigenvalue weighted by molar-refractivity contribution is -0.180. The van der Waals surface area contributed by atoms with E-state index >= 15 is 0 Å². The third kappa shape index (κ3) is 4.95. The number of amides is 1. The summed E-state index contributed by atoms with van der Waals surface area (Å²) in [4.78, 5) is 15.7. The van der Waals surface area contributed by atoms with Crippen LogP contribution in [0, 0.1) is 0 Å². The SMILES string of the molecule is C=CC[C@H]1O[C@H](c2cccc(Cl)c2)[C@@H](c2ccc(Cl)cc2)N([C@H](CCC)c2nn[nH]n2)C1=O. The van der Waals surface area contributed by atoms with Crippen molar-refractivity contribution in [3.8, 4) is 0 Å². The number of hydrogen-bond donors (Lipinski definition) is 1. The molecule has 3 aromatic rings. The van der Waals surface area contributed by atoms with Gasteiger partial charge in [-0.3, -0.25) is 4.79 Å². The van der Waals surface area contributed by atoms with Gasteiger partial charge in [-0.2, -0.15) is 5.21 Å². The molecular weight excluding hydrogens is 461 g/mol. The number of aromatic amines is 1. The zero-order valence-corrected chi connectivity index (χ0v) is 19.7. The van der Waals surface area contributed by atoms with Crippen LogP contribution in [0.2, 0.25) is 10.0 Å². The molecule has 0 bridgehead atoms. The van der Waals surface area contributed by atoms with Crippen LogP contribution in [0.15, 0.2) is 61.2 Å². The van der Waals surface area contributed by atoms with Crippen LogP contribution < -0.4 is 0 Å². The molecule has 172 valence electrons. The smallest absolute Gasteiger partial charge is 0.253 e. The molecule has 0 radical (unpaired) electrons. The number of aromatic nitrogens is 4. The number of hydrogen-bond acceptors (Lipinski definition) is 5. The van der Waals surface area contributed by atoms with Gasteiger partial charge in [0.25, 0.3) is 5.91 Å². The lowest BCUT2D eigenvalue weighted by Crippen LogP contribution is -2.52. The molecule has 1 fully saturated rings. The Hall–Kier alpha value is -2.74. The number of nitrogens with one attached hydrogen (secondary N) is 1. The van der Waals surface area contributed by atoms with Crippen molar-refractivity contribution in [2.24, 2.45) is 0 Å². The molecular formula is C24H25Cl2N5O2. The monoisotopic (exact) mass is 485 g/mol. The van der Waals surface area contributed by atoms with E-state index in [9.17, 15) is 4.79 Å². The van der Waals surface area contributed by atoms with E-state index in [-0.39, 0.29) is 11.9 Å². The largest absolute Gasteiger partial charge is 0.358 e. The Kier molecular flexibility index (Phi) is 7.42. The van der Waals surface area contributed by atoms with Gasteiger partial charge in [0.1, 0.15) is 12.2 Å². The number of ether oxygens (including phenoxy) is 1. The van der Waals surface area contributed by atoms with Gasteiger partial charge in [0, 0.05) is 16.5 Å². The maximum Gasteiger partial charge on any atom is 0.253 e. The Morgan fingerprint density at radius 2 is 1.97 bits per heavy atom. The molecule has 0 spiro atoms. The Labute approximate surface area is 202 Å². The molecule has 4 rings (SSSR count). The van der Waals surface area contributed by atoms with Crippen LogP contribution in [0.5, 0.6) is 0 Å². The topological polar surface area (TPSA) is 84.0 Å². The first-order chi connectivity index (χ1) is 16.0. The Bertz CT molecular complexity index is 1090. The van der Waals surface area contributed by atoms with Gasteiger partial charge in [-0.25, -0.2) is 0 Å². The molecule has 9 heteroatoms. The van der Waals surface area contributed by atoms with E-state index in [0.29, 0.717) is 28.7 Å². The molecule has 33 heavy (non-hydrogen) atoms. The fraction of sp³-hybridized carbons (Fsp3) is 0.333. The standard InChI is InChI=1S/C24H25Cl2N5O2/c1-3-6-19(23-27-29-30-28-23)31-21(15-10-12-17(25)13-11-15)22(16-8-5-9-18(26)14-16)33-20(7-4-2)24(31)32/h4-5,8-14,19-22H,2-3,6-7H2,1H3,(H,27,28,29,30)/t19-,20-,21-,22-/m1/s1. The lowest BCUT2D eigenvalue weighted by Gasteiger charge is -2.47. The highest BCUT2D eigenvalue weighted by Crippen LogP contribution is 2.47. The molecule has 1 aliphatic rings. The van der Waals surface area contributed by atoms with Gasteiger partial charge in [0.05, 0.1) is 12.1 Å². The molecule has 0 saturated carbocycles. The minimum Gasteiger partial charge on any atom is -0.358 e. The highest BCUT2D eigenvalue weighted by molar-refractivity contribution is 6.30. The zero-order valence-electron chi connectivity index (χ0n) is 18.2. The number of carbonyl (C=O) groups excluding carboxylic acids is 1. The van der Waals surface area contributed by atoms with Gasteiger partial charge in [0.2, 0.25) is 0 Å². The number of morpholine rings is 1. The van der Waals surface area contributed by atoms with Gasteiger partial charge >= 0.3 is 0 Å². The number of carbonyl (C=O) groups is 1. The molecule has 1 aliphatic heterocycles. The average molecular weight is 486 g/mol. The molecule has 0 unspecified atom stereocenters. The van der Waals surface area contributed by atoms with Crippen molar-refractivity contribution < 1.29 is 9.53 Å². The molecule has 1 aromatic heterocycles. The van der Waals surface area contributed by atoms with Crippen molar-refractivity contribution >= 4 is 29.1 Å². The van der Waals surface area contributed by atoms with E-state index in [1.165, 1.54) is 0 Å². The van der Waals surface area contributed by atoms with E-state index in [1.54, 1.807) is 6.08 Å². The average Bonchev–Trinajstić information content (AvgIpc) is 3.34. The zero-order chi connectivity index (χ0) is 23.4. The molecule has 1 saturated heterocycles. The predicted molar refractivity (Wildman–Crippen MR) is 127 cm³/mol. The normalized spacial score (nSPS) is 21.7. The van der Waals surface area contributed by atoms with Gasteiger partial charge in [-0.1, -0.05) is 72.1 Å². The number of tetrazole rings is 1. The first kappa shape index (κ1) is 23.4. The summed E-state index contributed by atoms with van der Waals surface area (Å²) < 4.78 is 6.44. The number of rotatable bonds is 8. The van der Waals surface area contributed by atoms with E-state index in [4.69, 9.17) is 27.9 Å². The maximum absolute atomic E-state index is 13.8. The maximum atomic E-state index is 13.8.